The number of anilines is 1. The number of nitrogens with one attached hydrogen (secondary N) is 1. The van der Waals surface area contributed by atoms with Gasteiger partial charge in [0.05, 0.1) is 15.5 Å². The van der Waals surface area contributed by atoms with Crippen molar-refractivity contribution >= 4 is 55.8 Å². The van der Waals surface area contributed by atoms with Crippen molar-refractivity contribution in [3.63, 3.8) is 0 Å². The van der Waals surface area contributed by atoms with Crippen LogP contribution < -0.4 is 10.5 Å². The van der Waals surface area contributed by atoms with Crippen LogP contribution in [0.2, 0.25) is 5.02 Å². The van der Waals surface area contributed by atoms with Crippen LogP contribution in [0, 0.1) is 10.5 Å². The molecule has 2 aromatic carbocycles. The van der Waals surface area contributed by atoms with E-state index in [1.165, 1.54) is 12.1 Å². The van der Waals surface area contributed by atoms with E-state index < -0.39 is 15.9 Å². The standard InChI is InChI=1S/C14H12ClIN2O3S/c1-8-6-9(16)2-5-13(8)18-14(19)11-7-10(22(17,20)21)3-4-12(11)15/h2-7H,1H3,(H,18,19)(H2,17,20,21). The summed E-state index contributed by atoms with van der Waals surface area (Å²) in [5.74, 6) is -0.500. The summed E-state index contributed by atoms with van der Waals surface area (Å²) in [5, 5.41) is 7.92. The second-order valence-electron chi connectivity index (χ2n) is 4.60. The van der Waals surface area contributed by atoms with Gasteiger partial charge in [0, 0.05) is 9.26 Å². The Balaban J connectivity index is 2.37. The number of sulfonamides is 1. The Bertz CT molecular complexity index is 853. The summed E-state index contributed by atoms with van der Waals surface area (Å²) in [5.41, 5.74) is 1.56. The lowest BCUT2D eigenvalue weighted by Gasteiger charge is -2.10. The summed E-state index contributed by atoms with van der Waals surface area (Å²) in [6.07, 6.45) is 0. The van der Waals surface area contributed by atoms with Crippen molar-refractivity contribution in [2.45, 2.75) is 11.8 Å². The molecule has 0 heterocycles. The fourth-order valence-corrected chi connectivity index (χ4v) is 3.20. The number of carbonyl (C=O) groups excluding carboxylic acids is 1. The Kier molecular flexibility index (Phi) is 5.10. The summed E-state index contributed by atoms with van der Waals surface area (Å²) in [4.78, 5) is 12.2. The quantitative estimate of drug-likeness (QED) is 0.704. The van der Waals surface area contributed by atoms with Crippen LogP contribution in [-0.4, -0.2) is 14.3 Å². The van der Waals surface area contributed by atoms with Crippen molar-refractivity contribution in [1.82, 2.24) is 0 Å². The SMILES string of the molecule is Cc1cc(I)ccc1NC(=O)c1cc(S(N)(=O)=O)ccc1Cl. The molecule has 0 atom stereocenters. The minimum atomic E-state index is -3.90. The van der Waals surface area contributed by atoms with E-state index in [0.717, 1.165) is 15.2 Å². The molecular formula is C14H12ClIN2O3S. The zero-order chi connectivity index (χ0) is 16.5. The van der Waals surface area contributed by atoms with Gasteiger partial charge in [-0.05, 0) is 71.5 Å². The van der Waals surface area contributed by atoms with Crippen molar-refractivity contribution in [3.8, 4) is 0 Å². The molecule has 2 rings (SSSR count). The van der Waals surface area contributed by atoms with Crippen molar-refractivity contribution in [2.75, 3.05) is 5.32 Å². The average Bonchev–Trinajstić information content (AvgIpc) is 2.41. The number of aryl methyl sites for hydroxylation is 1. The molecule has 1 amide bonds. The summed E-state index contributed by atoms with van der Waals surface area (Å²) in [6, 6.07) is 9.28. The van der Waals surface area contributed by atoms with E-state index in [1.54, 1.807) is 6.07 Å². The monoisotopic (exact) mass is 450 g/mol. The van der Waals surface area contributed by atoms with Gasteiger partial charge in [0.25, 0.3) is 5.91 Å². The number of nitrogens with two attached hydrogens (primary N) is 1. The molecule has 0 aliphatic rings. The number of benzene rings is 2. The number of hydrogen-bond acceptors (Lipinski definition) is 3. The van der Waals surface area contributed by atoms with Crippen molar-refractivity contribution in [2.24, 2.45) is 5.14 Å². The van der Waals surface area contributed by atoms with Crippen LogP contribution in [0.5, 0.6) is 0 Å². The molecule has 0 bridgehead atoms. The molecule has 8 heteroatoms. The number of hydrogen-bond donors (Lipinski definition) is 2. The van der Waals surface area contributed by atoms with Crippen LogP contribution in [0.15, 0.2) is 41.3 Å². The van der Waals surface area contributed by atoms with Crippen LogP contribution in [0.25, 0.3) is 0 Å². The predicted octanol–water partition coefficient (Wildman–Crippen LogP) is 3.15. The van der Waals surface area contributed by atoms with Gasteiger partial charge in [0.1, 0.15) is 0 Å². The number of amides is 1. The molecule has 0 fully saturated rings. The second kappa shape index (κ2) is 6.53. The lowest BCUT2D eigenvalue weighted by atomic mass is 10.1. The molecule has 0 saturated heterocycles. The van der Waals surface area contributed by atoms with Gasteiger partial charge < -0.3 is 5.32 Å². The van der Waals surface area contributed by atoms with E-state index in [0.29, 0.717) is 5.69 Å². The van der Waals surface area contributed by atoms with E-state index in [9.17, 15) is 13.2 Å². The maximum absolute atomic E-state index is 12.3. The minimum absolute atomic E-state index is 0.0474. The van der Waals surface area contributed by atoms with Gasteiger partial charge in [0.15, 0.2) is 0 Å². The fourth-order valence-electron chi connectivity index (χ4n) is 1.81. The summed E-state index contributed by atoms with van der Waals surface area (Å²) in [6.45, 7) is 1.86. The Morgan fingerprint density at radius 3 is 2.50 bits per heavy atom. The molecule has 0 spiro atoms. The number of carbonyl (C=O) groups is 1. The first-order valence-electron chi connectivity index (χ1n) is 6.08. The van der Waals surface area contributed by atoms with Crippen molar-refractivity contribution in [1.29, 1.82) is 0 Å². The third-order valence-corrected chi connectivity index (χ3v) is 4.86. The highest BCUT2D eigenvalue weighted by Gasteiger charge is 2.16. The third-order valence-electron chi connectivity index (χ3n) is 2.95. The molecule has 0 aromatic heterocycles. The number of halogens is 2. The normalized spacial score (nSPS) is 11.3. The van der Waals surface area contributed by atoms with Gasteiger partial charge in [-0.3, -0.25) is 4.79 Å². The summed E-state index contributed by atoms with van der Waals surface area (Å²) in [7, 11) is -3.90. The largest absolute Gasteiger partial charge is 0.322 e. The van der Waals surface area contributed by atoms with Gasteiger partial charge >= 0.3 is 0 Å². The van der Waals surface area contributed by atoms with Crippen LogP contribution >= 0.6 is 34.2 Å². The number of primary sulfonamides is 1. The highest BCUT2D eigenvalue weighted by Crippen LogP contribution is 2.23. The van der Waals surface area contributed by atoms with Crippen LogP contribution in [-0.2, 0) is 10.0 Å². The molecule has 5 nitrogen and oxygen atoms in total. The fraction of sp³-hybridized carbons (Fsp3) is 0.0714. The zero-order valence-electron chi connectivity index (χ0n) is 11.4. The van der Waals surface area contributed by atoms with E-state index in [-0.39, 0.29) is 15.5 Å². The minimum Gasteiger partial charge on any atom is -0.322 e. The summed E-state index contributed by atoms with van der Waals surface area (Å²) < 4.78 is 23.8. The van der Waals surface area contributed by atoms with Gasteiger partial charge in [-0.15, -0.1) is 0 Å². The molecule has 0 aliphatic carbocycles. The molecule has 116 valence electrons. The van der Waals surface area contributed by atoms with E-state index >= 15 is 0 Å². The molecule has 2 aromatic rings. The van der Waals surface area contributed by atoms with E-state index in [1.807, 2.05) is 19.1 Å². The Labute approximate surface area is 147 Å². The predicted molar refractivity (Wildman–Crippen MR) is 94.7 cm³/mol. The maximum Gasteiger partial charge on any atom is 0.257 e. The average molecular weight is 451 g/mol. The summed E-state index contributed by atoms with van der Waals surface area (Å²) >= 11 is 8.15. The Morgan fingerprint density at radius 2 is 1.91 bits per heavy atom. The van der Waals surface area contributed by atoms with E-state index in [4.69, 9.17) is 16.7 Å². The van der Waals surface area contributed by atoms with Gasteiger partial charge in [0.2, 0.25) is 10.0 Å². The van der Waals surface area contributed by atoms with Crippen molar-refractivity contribution < 1.29 is 13.2 Å². The van der Waals surface area contributed by atoms with Crippen LogP contribution in [0.4, 0.5) is 5.69 Å². The molecule has 3 N–H and O–H groups in total. The molecule has 22 heavy (non-hydrogen) atoms. The Morgan fingerprint density at radius 1 is 1.23 bits per heavy atom. The van der Waals surface area contributed by atoms with Gasteiger partial charge in [-0.2, -0.15) is 0 Å². The molecular weight excluding hydrogens is 439 g/mol. The molecule has 0 unspecified atom stereocenters. The molecule has 0 radical (unpaired) electrons. The Hall–Kier alpha value is -1.16. The zero-order valence-corrected chi connectivity index (χ0v) is 15.2. The van der Waals surface area contributed by atoms with Crippen LogP contribution in [0.1, 0.15) is 15.9 Å². The van der Waals surface area contributed by atoms with Crippen molar-refractivity contribution in [3.05, 3.63) is 56.1 Å². The molecule has 0 saturated carbocycles. The topological polar surface area (TPSA) is 89.3 Å². The first-order valence-corrected chi connectivity index (χ1v) is 9.08. The van der Waals surface area contributed by atoms with Gasteiger partial charge in [-0.1, -0.05) is 11.6 Å². The van der Waals surface area contributed by atoms with Crippen LogP contribution in [0.3, 0.4) is 0 Å². The van der Waals surface area contributed by atoms with Gasteiger partial charge in [-0.25, -0.2) is 13.6 Å². The third kappa shape index (κ3) is 3.97. The first kappa shape index (κ1) is 17.2. The maximum atomic E-state index is 12.3. The number of rotatable bonds is 3. The van der Waals surface area contributed by atoms with E-state index in [2.05, 4.69) is 27.9 Å². The smallest absolute Gasteiger partial charge is 0.257 e. The molecule has 0 aliphatic heterocycles. The second-order valence-corrected chi connectivity index (χ2v) is 7.81. The lowest BCUT2D eigenvalue weighted by molar-refractivity contribution is 0.102. The highest BCUT2D eigenvalue weighted by molar-refractivity contribution is 14.1. The highest BCUT2D eigenvalue weighted by atomic mass is 127. The first-order chi connectivity index (χ1) is 10.2. The lowest BCUT2D eigenvalue weighted by Crippen LogP contribution is -2.16.